The maximum Gasteiger partial charge on any atom is 0.0374 e. The smallest absolute Gasteiger partial charge is 0.0374 e. The van der Waals surface area contributed by atoms with Crippen molar-refractivity contribution in [3.05, 3.63) is 29.3 Å². The molecule has 3 N–H and O–H groups in total. The number of nitrogens with one attached hydrogen (secondary N) is 1. The van der Waals surface area contributed by atoms with Crippen LogP contribution in [0.4, 0.5) is 5.69 Å². The summed E-state index contributed by atoms with van der Waals surface area (Å²) >= 11 is 0. The number of hydrogen-bond donors (Lipinski definition) is 2. The number of aryl methyl sites for hydroxylation is 1. The Morgan fingerprint density at radius 3 is 2.76 bits per heavy atom. The first kappa shape index (κ1) is 12.4. The molecule has 0 saturated heterocycles. The van der Waals surface area contributed by atoms with Gasteiger partial charge in [0.1, 0.15) is 0 Å². The molecule has 0 spiro atoms. The number of hydrogen-bond acceptors (Lipinski definition) is 2. The topological polar surface area (TPSA) is 38.0 Å². The van der Waals surface area contributed by atoms with Crippen LogP contribution < -0.4 is 11.1 Å². The fourth-order valence-corrected chi connectivity index (χ4v) is 2.79. The van der Waals surface area contributed by atoms with Crippen LogP contribution in [0.3, 0.4) is 0 Å². The third kappa shape index (κ3) is 2.81. The van der Waals surface area contributed by atoms with E-state index in [1.54, 1.807) is 0 Å². The zero-order valence-corrected chi connectivity index (χ0v) is 11.0. The molecule has 0 bridgehead atoms. The zero-order valence-electron chi connectivity index (χ0n) is 11.0. The minimum absolute atomic E-state index is 0.564. The van der Waals surface area contributed by atoms with Crippen LogP contribution in [0.25, 0.3) is 0 Å². The molecular weight excluding hydrogens is 208 g/mol. The highest BCUT2D eigenvalue weighted by molar-refractivity contribution is 5.54. The van der Waals surface area contributed by atoms with Gasteiger partial charge < -0.3 is 11.1 Å². The van der Waals surface area contributed by atoms with E-state index in [4.69, 9.17) is 5.73 Å². The Morgan fingerprint density at radius 2 is 2.00 bits per heavy atom. The Labute approximate surface area is 105 Å². The van der Waals surface area contributed by atoms with Crippen molar-refractivity contribution in [1.82, 2.24) is 0 Å². The molecule has 0 heterocycles. The van der Waals surface area contributed by atoms with E-state index in [0.717, 1.165) is 6.54 Å². The lowest BCUT2D eigenvalue weighted by Gasteiger charge is -2.32. The van der Waals surface area contributed by atoms with Gasteiger partial charge in [0.2, 0.25) is 0 Å². The van der Waals surface area contributed by atoms with E-state index in [2.05, 4.69) is 37.4 Å². The predicted molar refractivity (Wildman–Crippen MR) is 74.3 cm³/mol. The first-order valence-corrected chi connectivity index (χ1v) is 6.75. The van der Waals surface area contributed by atoms with Crippen LogP contribution in [0.5, 0.6) is 0 Å². The van der Waals surface area contributed by atoms with Crippen LogP contribution in [0.15, 0.2) is 18.2 Å². The number of anilines is 1. The first-order valence-electron chi connectivity index (χ1n) is 6.75. The molecule has 1 aliphatic carbocycles. The van der Waals surface area contributed by atoms with E-state index in [1.165, 1.54) is 42.5 Å². The van der Waals surface area contributed by atoms with Crippen molar-refractivity contribution in [3.63, 3.8) is 0 Å². The van der Waals surface area contributed by atoms with Crippen molar-refractivity contribution < 1.29 is 0 Å². The van der Waals surface area contributed by atoms with Crippen molar-refractivity contribution in [1.29, 1.82) is 0 Å². The maximum atomic E-state index is 5.88. The Morgan fingerprint density at radius 1 is 1.24 bits per heavy atom. The van der Waals surface area contributed by atoms with Gasteiger partial charge in [0.25, 0.3) is 0 Å². The summed E-state index contributed by atoms with van der Waals surface area (Å²) in [4.78, 5) is 0. The molecule has 2 atom stereocenters. The molecule has 1 aromatic carbocycles. The minimum Gasteiger partial charge on any atom is -0.382 e. The van der Waals surface area contributed by atoms with Gasteiger partial charge in [0.05, 0.1) is 0 Å². The SMILES string of the molecule is Cc1cccc(NC2CCCCC2CN)c1C. The summed E-state index contributed by atoms with van der Waals surface area (Å²) in [6.45, 7) is 5.17. The van der Waals surface area contributed by atoms with Gasteiger partial charge in [-0.3, -0.25) is 0 Å². The maximum absolute atomic E-state index is 5.88. The van der Waals surface area contributed by atoms with Crippen LogP contribution in [0, 0.1) is 19.8 Å². The summed E-state index contributed by atoms with van der Waals surface area (Å²) < 4.78 is 0. The van der Waals surface area contributed by atoms with Crippen LogP contribution in [-0.2, 0) is 0 Å². The predicted octanol–water partition coefficient (Wildman–Crippen LogP) is 3.23. The second-order valence-corrected chi connectivity index (χ2v) is 5.28. The standard InChI is InChI=1S/C15H24N2/c1-11-6-5-9-14(12(11)2)17-15-8-4-3-7-13(15)10-16/h5-6,9,13,15,17H,3-4,7-8,10,16H2,1-2H3. The van der Waals surface area contributed by atoms with Gasteiger partial charge in [-0.2, -0.15) is 0 Å². The summed E-state index contributed by atoms with van der Waals surface area (Å²) in [6.07, 6.45) is 5.21. The van der Waals surface area contributed by atoms with E-state index < -0.39 is 0 Å². The van der Waals surface area contributed by atoms with Crippen molar-refractivity contribution in [2.45, 2.75) is 45.6 Å². The highest BCUT2D eigenvalue weighted by Gasteiger charge is 2.23. The Bertz CT molecular complexity index is 373. The summed E-state index contributed by atoms with van der Waals surface area (Å²) in [7, 11) is 0. The number of benzene rings is 1. The molecular formula is C15H24N2. The van der Waals surface area contributed by atoms with Crippen LogP contribution >= 0.6 is 0 Å². The molecule has 2 rings (SSSR count). The Kier molecular flexibility index (Phi) is 4.06. The van der Waals surface area contributed by atoms with Gasteiger partial charge in [-0.05, 0) is 56.3 Å². The van der Waals surface area contributed by atoms with Crippen molar-refractivity contribution in [3.8, 4) is 0 Å². The van der Waals surface area contributed by atoms with Crippen LogP contribution in [-0.4, -0.2) is 12.6 Å². The fourth-order valence-electron chi connectivity index (χ4n) is 2.79. The molecule has 2 nitrogen and oxygen atoms in total. The lowest BCUT2D eigenvalue weighted by atomic mass is 9.84. The normalized spacial score (nSPS) is 24.6. The molecule has 0 amide bonds. The average Bonchev–Trinajstić information content (AvgIpc) is 2.35. The van der Waals surface area contributed by atoms with Gasteiger partial charge in [-0.15, -0.1) is 0 Å². The van der Waals surface area contributed by atoms with Crippen molar-refractivity contribution >= 4 is 5.69 Å². The largest absolute Gasteiger partial charge is 0.382 e. The quantitative estimate of drug-likeness (QED) is 0.839. The van der Waals surface area contributed by atoms with Crippen molar-refractivity contribution in [2.24, 2.45) is 11.7 Å². The monoisotopic (exact) mass is 232 g/mol. The average molecular weight is 232 g/mol. The summed E-state index contributed by atoms with van der Waals surface area (Å²) in [5, 5.41) is 3.71. The first-order chi connectivity index (χ1) is 8.22. The van der Waals surface area contributed by atoms with Gasteiger partial charge >= 0.3 is 0 Å². The van der Waals surface area contributed by atoms with Crippen LogP contribution in [0.1, 0.15) is 36.8 Å². The minimum atomic E-state index is 0.564. The Balaban J connectivity index is 2.11. The van der Waals surface area contributed by atoms with Gasteiger partial charge in [-0.25, -0.2) is 0 Å². The number of rotatable bonds is 3. The van der Waals surface area contributed by atoms with E-state index in [9.17, 15) is 0 Å². The molecule has 0 aliphatic heterocycles. The second kappa shape index (κ2) is 5.54. The van der Waals surface area contributed by atoms with Crippen LogP contribution in [0.2, 0.25) is 0 Å². The van der Waals surface area contributed by atoms with E-state index in [0.29, 0.717) is 12.0 Å². The highest BCUT2D eigenvalue weighted by atomic mass is 14.9. The lowest BCUT2D eigenvalue weighted by Crippen LogP contribution is -2.36. The third-order valence-electron chi connectivity index (χ3n) is 4.16. The summed E-state index contributed by atoms with van der Waals surface area (Å²) in [6, 6.07) is 7.05. The molecule has 94 valence electrons. The van der Waals surface area contributed by atoms with E-state index in [-0.39, 0.29) is 0 Å². The van der Waals surface area contributed by atoms with Gasteiger partial charge in [0.15, 0.2) is 0 Å². The molecule has 2 unspecified atom stereocenters. The van der Waals surface area contributed by atoms with Gasteiger partial charge in [0, 0.05) is 11.7 Å². The molecule has 2 heteroatoms. The molecule has 0 radical (unpaired) electrons. The summed E-state index contributed by atoms with van der Waals surface area (Å²) in [5.74, 6) is 0.642. The fraction of sp³-hybridized carbons (Fsp3) is 0.600. The third-order valence-corrected chi connectivity index (χ3v) is 4.16. The molecule has 1 aliphatic rings. The van der Waals surface area contributed by atoms with Crippen molar-refractivity contribution in [2.75, 3.05) is 11.9 Å². The van der Waals surface area contributed by atoms with E-state index >= 15 is 0 Å². The summed E-state index contributed by atoms with van der Waals surface area (Å²) in [5.41, 5.74) is 9.89. The Hall–Kier alpha value is -1.02. The second-order valence-electron chi connectivity index (χ2n) is 5.28. The van der Waals surface area contributed by atoms with E-state index in [1.807, 2.05) is 0 Å². The van der Waals surface area contributed by atoms with Gasteiger partial charge in [-0.1, -0.05) is 25.0 Å². The molecule has 1 saturated carbocycles. The number of nitrogens with two attached hydrogens (primary N) is 1. The molecule has 1 fully saturated rings. The zero-order chi connectivity index (χ0) is 12.3. The molecule has 17 heavy (non-hydrogen) atoms. The highest BCUT2D eigenvalue weighted by Crippen LogP contribution is 2.28. The lowest BCUT2D eigenvalue weighted by molar-refractivity contribution is 0.332. The molecule has 1 aromatic rings. The molecule has 0 aromatic heterocycles.